The van der Waals surface area contributed by atoms with Crippen LogP contribution in [0.25, 0.3) is 0 Å². The van der Waals surface area contributed by atoms with Crippen LogP contribution < -0.4 is 0 Å². The largest absolute Gasteiger partial charge is 0.345 e. The lowest BCUT2D eigenvalue weighted by molar-refractivity contribution is -0.130. The number of rotatable bonds is 6. The predicted molar refractivity (Wildman–Crippen MR) is 91.9 cm³/mol. The fraction of sp³-hybridized carbons (Fsp3) is 0.579. The van der Waals surface area contributed by atoms with Crippen molar-refractivity contribution in [3.63, 3.8) is 0 Å². The van der Waals surface area contributed by atoms with E-state index in [9.17, 15) is 4.79 Å². The van der Waals surface area contributed by atoms with Crippen molar-refractivity contribution in [2.75, 3.05) is 33.2 Å². The summed E-state index contributed by atoms with van der Waals surface area (Å²) in [4.78, 5) is 16.1. The molecular weight excluding hydrogens is 286 g/mol. The number of benzene rings is 1. The highest BCUT2D eigenvalue weighted by molar-refractivity contribution is 5.76. The van der Waals surface area contributed by atoms with Gasteiger partial charge < -0.3 is 9.80 Å². The van der Waals surface area contributed by atoms with Crippen LogP contribution in [0.2, 0.25) is 0 Å². The smallest absolute Gasteiger partial charge is 0.223 e. The molecule has 1 aliphatic rings. The number of hydrogen-bond donors (Lipinski definition) is 0. The van der Waals surface area contributed by atoms with Crippen LogP contribution in [0.3, 0.4) is 0 Å². The Morgan fingerprint density at radius 1 is 1.39 bits per heavy atom. The van der Waals surface area contributed by atoms with Gasteiger partial charge in [0.2, 0.25) is 5.91 Å². The Hall–Kier alpha value is -1.86. The second kappa shape index (κ2) is 8.69. The fourth-order valence-corrected chi connectivity index (χ4v) is 3.42. The van der Waals surface area contributed by atoms with Gasteiger partial charge in [0.15, 0.2) is 0 Å². The summed E-state index contributed by atoms with van der Waals surface area (Å²) in [6, 6.07) is 12.8. The van der Waals surface area contributed by atoms with E-state index in [-0.39, 0.29) is 5.91 Å². The maximum atomic E-state index is 12.0. The van der Waals surface area contributed by atoms with Crippen molar-refractivity contribution in [1.82, 2.24) is 9.80 Å². The lowest BCUT2D eigenvalue weighted by atomic mass is 9.81. The quantitative estimate of drug-likeness (QED) is 0.811. The predicted octanol–water partition coefficient (Wildman–Crippen LogP) is 2.87. The number of nitrogens with zero attached hydrogens (tertiary/aromatic N) is 3. The van der Waals surface area contributed by atoms with Gasteiger partial charge in [-0.25, -0.2) is 0 Å². The van der Waals surface area contributed by atoms with Crippen molar-refractivity contribution in [2.24, 2.45) is 5.92 Å². The maximum Gasteiger partial charge on any atom is 0.223 e. The molecule has 4 nitrogen and oxygen atoms in total. The van der Waals surface area contributed by atoms with E-state index in [0.717, 1.165) is 26.1 Å². The number of carbonyl (C=O) groups excluding carboxylic acids is 1. The minimum Gasteiger partial charge on any atom is -0.345 e. The van der Waals surface area contributed by atoms with Crippen molar-refractivity contribution >= 4 is 5.91 Å². The molecule has 4 heteroatoms. The number of carbonyl (C=O) groups is 1. The van der Waals surface area contributed by atoms with Gasteiger partial charge in [-0.3, -0.25) is 4.79 Å². The van der Waals surface area contributed by atoms with E-state index in [1.165, 1.54) is 5.56 Å². The van der Waals surface area contributed by atoms with E-state index in [2.05, 4.69) is 48.2 Å². The number of piperidine rings is 1. The van der Waals surface area contributed by atoms with Crippen molar-refractivity contribution in [3.05, 3.63) is 35.9 Å². The summed E-state index contributed by atoms with van der Waals surface area (Å²) < 4.78 is 0. The number of likely N-dealkylation sites (tertiary alicyclic amines) is 1. The molecular formula is C19H27N3O. The molecule has 0 bridgehead atoms. The Bertz CT molecular complexity index is 537. The van der Waals surface area contributed by atoms with Gasteiger partial charge in [0.05, 0.1) is 12.5 Å². The molecule has 0 radical (unpaired) electrons. The number of nitriles is 1. The first-order valence-corrected chi connectivity index (χ1v) is 8.50. The third-order valence-corrected chi connectivity index (χ3v) is 4.84. The molecule has 1 saturated heterocycles. The molecule has 2 atom stereocenters. The van der Waals surface area contributed by atoms with Crippen molar-refractivity contribution in [3.8, 4) is 6.07 Å². The summed E-state index contributed by atoms with van der Waals surface area (Å²) in [5.74, 6) is 1.37. The van der Waals surface area contributed by atoms with Crippen LogP contribution in [0.4, 0.5) is 0 Å². The molecule has 1 fully saturated rings. The zero-order valence-corrected chi connectivity index (χ0v) is 14.2. The van der Waals surface area contributed by atoms with Crippen molar-refractivity contribution in [2.45, 2.75) is 32.1 Å². The van der Waals surface area contributed by atoms with Gasteiger partial charge in [0.1, 0.15) is 0 Å². The van der Waals surface area contributed by atoms with Crippen LogP contribution in [0.1, 0.15) is 37.7 Å². The van der Waals surface area contributed by atoms with Crippen molar-refractivity contribution < 1.29 is 4.79 Å². The molecule has 1 aliphatic heterocycles. The van der Waals surface area contributed by atoms with Crippen LogP contribution in [0, 0.1) is 17.2 Å². The van der Waals surface area contributed by atoms with Gasteiger partial charge in [0, 0.05) is 33.1 Å². The lowest BCUT2D eigenvalue weighted by Crippen LogP contribution is -2.40. The molecule has 1 aromatic carbocycles. The normalized spacial score (nSPS) is 21.6. The van der Waals surface area contributed by atoms with Gasteiger partial charge >= 0.3 is 0 Å². The molecule has 0 aliphatic carbocycles. The minimum atomic E-state index is 0.137. The van der Waals surface area contributed by atoms with E-state index >= 15 is 0 Å². The zero-order chi connectivity index (χ0) is 16.7. The first-order chi connectivity index (χ1) is 11.1. The summed E-state index contributed by atoms with van der Waals surface area (Å²) >= 11 is 0. The molecule has 0 aromatic heterocycles. The van der Waals surface area contributed by atoms with Crippen molar-refractivity contribution in [1.29, 1.82) is 5.26 Å². The highest BCUT2D eigenvalue weighted by Gasteiger charge is 2.27. The lowest BCUT2D eigenvalue weighted by Gasteiger charge is -2.37. The number of amides is 1. The minimum absolute atomic E-state index is 0.137. The Kier molecular flexibility index (Phi) is 6.61. The highest BCUT2D eigenvalue weighted by Crippen LogP contribution is 2.32. The Labute approximate surface area is 139 Å². The van der Waals surface area contributed by atoms with Gasteiger partial charge in [-0.05, 0) is 30.4 Å². The Morgan fingerprint density at radius 2 is 2.13 bits per heavy atom. The Balaban J connectivity index is 1.77. The van der Waals surface area contributed by atoms with E-state index in [4.69, 9.17) is 5.26 Å². The summed E-state index contributed by atoms with van der Waals surface area (Å²) in [6.45, 7) is 5.77. The summed E-state index contributed by atoms with van der Waals surface area (Å²) in [6.07, 6.45) is 2.11. The third-order valence-electron chi connectivity index (χ3n) is 4.84. The summed E-state index contributed by atoms with van der Waals surface area (Å²) in [7, 11) is 1.78. The topological polar surface area (TPSA) is 47.3 Å². The van der Waals surface area contributed by atoms with Gasteiger partial charge in [-0.2, -0.15) is 5.26 Å². The van der Waals surface area contributed by atoms with E-state index in [0.29, 0.717) is 31.2 Å². The van der Waals surface area contributed by atoms with Crippen LogP contribution in [0.5, 0.6) is 0 Å². The van der Waals surface area contributed by atoms with Crippen LogP contribution in [-0.4, -0.2) is 48.9 Å². The zero-order valence-electron chi connectivity index (χ0n) is 14.2. The van der Waals surface area contributed by atoms with Gasteiger partial charge in [-0.15, -0.1) is 0 Å². The molecule has 124 valence electrons. The molecule has 2 rings (SSSR count). The fourth-order valence-electron chi connectivity index (χ4n) is 3.42. The third kappa shape index (κ3) is 5.07. The average molecular weight is 313 g/mol. The van der Waals surface area contributed by atoms with Crippen LogP contribution in [0.15, 0.2) is 30.3 Å². The number of hydrogen-bond acceptors (Lipinski definition) is 3. The molecule has 1 amide bonds. The average Bonchev–Trinajstić information content (AvgIpc) is 2.58. The molecule has 0 N–H and O–H groups in total. The van der Waals surface area contributed by atoms with E-state index < -0.39 is 0 Å². The van der Waals surface area contributed by atoms with E-state index in [1.807, 2.05) is 0 Å². The first-order valence-electron chi connectivity index (χ1n) is 8.50. The molecule has 1 heterocycles. The molecule has 0 spiro atoms. The first kappa shape index (κ1) is 17.5. The summed E-state index contributed by atoms with van der Waals surface area (Å²) in [5.41, 5.74) is 1.44. The highest BCUT2D eigenvalue weighted by atomic mass is 16.2. The standard InChI is InChI=1S/C19H27N3O/c1-16-15-22(14-10-19(23)21(2)12-6-11-20)13-9-18(16)17-7-4-3-5-8-17/h3-5,7-8,16,18H,6,9-10,12-15H2,1-2H3/t16-,18-/m1/s1. The van der Waals surface area contributed by atoms with Gasteiger partial charge in [-0.1, -0.05) is 37.3 Å². The molecule has 0 saturated carbocycles. The second-order valence-electron chi connectivity index (χ2n) is 6.56. The summed E-state index contributed by atoms with van der Waals surface area (Å²) in [5, 5.41) is 8.58. The molecule has 23 heavy (non-hydrogen) atoms. The SMILES string of the molecule is C[C@@H]1CN(CCC(=O)N(C)CCC#N)CC[C@H]1c1ccccc1. The van der Waals surface area contributed by atoms with Crippen LogP contribution >= 0.6 is 0 Å². The Morgan fingerprint density at radius 3 is 2.78 bits per heavy atom. The van der Waals surface area contributed by atoms with E-state index in [1.54, 1.807) is 11.9 Å². The van der Waals surface area contributed by atoms with Crippen LogP contribution in [-0.2, 0) is 4.79 Å². The maximum absolute atomic E-state index is 12.0. The van der Waals surface area contributed by atoms with Gasteiger partial charge in [0.25, 0.3) is 0 Å². The molecule has 0 unspecified atom stereocenters. The second-order valence-corrected chi connectivity index (χ2v) is 6.56. The molecule has 1 aromatic rings. The monoisotopic (exact) mass is 313 g/mol.